The highest BCUT2D eigenvalue weighted by Crippen LogP contribution is 2.42. The maximum Gasteiger partial charge on any atom is 0.0732 e. The van der Waals surface area contributed by atoms with Crippen molar-refractivity contribution in [1.82, 2.24) is 9.97 Å². The third-order valence-electron chi connectivity index (χ3n) is 7.54. The maximum absolute atomic E-state index is 6.73. The number of halogens is 3. The molecule has 0 fully saturated rings. The molecule has 0 aliphatic heterocycles. The van der Waals surface area contributed by atoms with E-state index in [0.29, 0.717) is 0 Å². The highest BCUT2D eigenvalue weighted by Gasteiger charge is 2.22. The van der Waals surface area contributed by atoms with Crippen molar-refractivity contribution in [3.8, 4) is 0 Å². The van der Waals surface area contributed by atoms with E-state index in [9.17, 15) is 0 Å². The zero-order chi connectivity index (χ0) is 25.2. The molecular weight excluding hydrogens is 543 g/mol. The zero-order valence-electron chi connectivity index (χ0n) is 21.9. The Kier molecular flexibility index (Phi) is 9.45. The van der Waals surface area contributed by atoms with E-state index in [1.54, 1.807) is 18.0 Å². The van der Waals surface area contributed by atoms with Gasteiger partial charge in [-0.2, -0.15) is 0 Å². The predicted molar refractivity (Wildman–Crippen MR) is 171 cm³/mol. The van der Waals surface area contributed by atoms with Gasteiger partial charge in [-0.05, 0) is 107 Å². The van der Waals surface area contributed by atoms with Crippen molar-refractivity contribution in [2.24, 2.45) is 0 Å². The number of hydrogen-bond donors (Lipinski definition) is 0. The fraction of sp³-hybridized carbons (Fsp3) is 0.176. The number of pyridine rings is 2. The third kappa shape index (κ3) is 5.89. The molecule has 5 heteroatoms. The summed E-state index contributed by atoms with van der Waals surface area (Å²) in [6, 6.07) is 23.3. The Bertz CT molecular complexity index is 1610. The van der Waals surface area contributed by atoms with Crippen molar-refractivity contribution >= 4 is 63.7 Å². The molecule has 0 amide bonds. The molecule has 0 saturated carbocycles. The van der Waals surface area contributed by atoms with Crippen LogP contribution in [-0.4, -0.2) is 9.97 Å². The molecular formula is C34H31Cl3N2. The first kappa shape index (κ1) is 28.8. The van der Waals surface area contributed by atoms with Gasteiger partial charge in [0.2, 0.25) is 0 Å². The molecule has 3 aromatic carbocycles. The Labute approximate surface area is 247 Å². The van der Waals surface area contributed by atoms with Crippen LogP contribution >= 0.6 is 36.4 Å². The van der Waals surface area contributed by atoms with Gasteiger partial charge in [-0.15, -0.1) is 24.8 Å². The van der Waals surface area contributed by atoms with Crippen LogP contribution < -0.4 is 0 Å². The Morgan fingerprint density at radius 2 is 1.72 bits per heavy atom. The van der Waals surface area contributed by atoms with Crippen molar-refractivity contribution in [1.29, 1.82) is 0 Å². The van der Waals surface area contributed by atoms with Crippen LogP contribution in [0.2, 0.25) is 5.02 Å². The van der Waals surface area contributed by atoms with E-state index in [1.165, 1.54) is 63.4 Å². The molecule has 2 aliphatic carbocycles. The molecule has 39 heavy (non-hydrogen) atoms. The average Bonchev–Trinajstić information content (AvgIpc) is 2.95. The largest absolute Gasteiger partial charge is 0.264 e. The lowest BCUT2D eigenvalue weighted by molar-refractivity contribution is 0.831. The number of hydrogen-bond acceptors (Lipinski definition) is 2. The van der Waals surface area contributed by atoms with Gasteiger partial charge in [0.15, 0.2) is 0 Å². The fourth-order valence-electron chi connectivity index (χ4n) is 5.76. The van der Waals surface area contributed by atoms with Gasteiger partial charge in [0, 0.05) is 29.0 Å². The normalized spacial score (nSPS) is 13.5. The highest BCUT2D eigenvalue weighted by atomic mass is 35.5. The summed E-state index contributed by atoms with van der Waals surface area (Å²) in [4.78, 5) is 8.11. The maximum atomic E-state index is 6.73. The summed E-state index contributed by atoms with van der Waals surface area (Å²) >= 11 is 6.73. The minimum absolute atomic E-state index is 0. The van der Waals surface area contributed by atoms with Crippen molar-refractivity contribution in [2.75, 3.05) is 0 Å². The lowest BCUT2D eigenvalue weighted by Gasteiger charge is -2.27. The van der Waals surface area contributed by atoms with Crippen molar-refractivity contribution in [3.63, 3.8) is 0 Å². The highest BCUT2D eigenvalue weighted by molar-refractivity contribution is 6.32. The van der Waals surface area contributed by atoms with E-state index in [-0.39, 0.29) is 24.8 Å². The molecule has 0 bridgehead atoms. The summed E-state index contributed by atoms with van der Waals surface area (Å²) in [5.41, 5.74) is 10.9. The second kappa shape index (κ2) is 12.8. The Morgan fingerprint density at radius 1 is 0.872 bits per heavy atom. The Morgan fingerprint density at radius 3 is 2.54 bits per heavy atom. The van der Waals surface area contributed by atoms with Crippen LogP contribution in [0.25, 0.3) is 27.2 Å². The van der Waals surface area contributed by atoms with Crippen LogP contribution in [0.3, 0.4) is 0 Å². The van der Waals surface area contributed by atoms with Gasteiger partial charge in [-0.1, -0.05) is 71.8 Å². The standard InChI is InChI=1S/C26H23Cl.C8H6N2.2ClH/c1-17-15-25(27)24(16-18-7-3-2-4-8-18)23-14-13-21-20-10-6-5-9-19(20)11-12-22(21)26(17)23;1-2-7-6-9-5-3-8(7)10-4-1;;/h2-4,6-8,10,13-15H,5,9,11-12,16H2,1H3;1-6H;2*1H. The Balaban J connectivity index is 0.000000249. The first-order chi connectivity index (χ1) is 18.2. The van der Waals surface area contributed by atoms with Gasteiger partial charge < -0.3 is 0 Å². The predicted octanol–water partition coefficient (Wildman–Crippen LogP) is 9.92. The Hall–Kier alpha value is -3.17. The minimum Gasteiger partial charge on any atom is -0.264 e. The molecule has 0 unspecified atom stereocenters. The fourth-order valence-corrected chi connectivity index (χ4v) is 6.09. The quantitative estimate of drug-likeness (QED) is 0.210. The lowest BCUT2D eigenvalue weighted by atomic mass is 9.78. The van der Waals surface area contributed by atoms with Gasteiger partial charge in [0.05, 0.1) is 5.52 Å². The summed E-state index contributed by atoms with van der Waals surface area (Å²) < 4.78 is 0. The van der Waals surface area contributed by atoms with Gasteiger partial charge >= 0.3 is 0 Å². The van der Waals surface area contributed by atoms with Crippen molar-refractivity contribution in [3.05, 3.63) is 136 Å². The summed E-state index contributed by atoms with van der Waals surface area (Å²) in [6.07, 6.45) is 15.6. The van der Waals surface area contributed by atoms with Gasteiger partial charge in [0.25, 0.3) is 0 Å². The number of allylic oxidation sites excluding steroid dienone is 4. The molecule has 0 saturated heterocycles. The second-order valence-electron chi connectivity index (χ2n) is 9.86. The monoisotopic (exact) mass is 572 g/mol. The van der Waals surface area contributed by atoms with E-state index in [2.05, 4.69) is 77.6 Å². The average molecular weight is 574 g/mol. The molecule has 7 rings (SSSR count). The first-order valence-corrected chi connectivity index (χ1v) is 13.4. The number of benzene rings is 3. The molecule has 0 atom stereocenters. The van der Waals surface area contributed by atoms with Crippen LogP contribution in [0, 0.1) is 6.92 Å². The first-order valence-electron chi connectivity index (χ1n) is 13.0. The van der Waals surface area contributed by atoms with E-state index in [4.69, 9.17) is 11.6 Å². The van der Waals surface area contributed by atoms with Crippen molar-refractivity contribution in [2.45, 2.75) is 39.0 Å². The summed E-state index contributed by atoms with van der Waals surface area (Å²) in [5.74, 6) is 0. The van der Waals surface area contributed by atoms with E-state index in [0.717, 1.165) is 28.8 Å². The molecule has 0 N–H and O–H groups in total. The number of rotatable bonds is 2. The number of aromatic nitrogens is 2. The minimum atomic E-state index is 0. The van der Waals surface area contributed by atoms with Crippen LogP contribution in [0.15, 0.2) is 103 Å². The van der Waals surface area contributed by atoms with Gasteiger partial charge in [0.1, 0.15) is 0 Å². The molecule has 0 radical (unpaired) electrons. The van der Waals surface area contributed by atoms with Crippen LogP contribution in [0.5, 0.6) is 0 Å². The summed E-state index contributed by atoms with van der Waals surface area (Å²) in [7, 11) is 0. The molecule has 2 aromatic heterocycles. The number of nitrogens with zero attached hydrogens (tertiary/aromatic N) is 2. The van der Waals surface area contributed by atoms with Gasteiger partial charge in [-0.3, -0.25) is 9.97 Å². The third-order valence-corrected chi connectivity index (χ3v) is 7.87. The van der Waals surface area contributed by atoms with Crippen LogP contribution in [0.1, 0.15) is 47.1 Å². The topological polar surface area (TPSA) is 25.8 Å². The van der Waals surface area contributed by atoms with E-state index < -0.39 is 0 Å². The zero-order valence-corrected chi connectivity index (χ0v) is 24.3. The molecule has 2 nitrogen and oxygen atoms in total. The SMILES string of the molecule is Cc1cc(Cl)c(Cc2ccccc2)c2ccc3c(c12)CCC1=C3C=CCC1.Cl.Cl.c1cnc2ccncc2c1. The van der Waals surface area contributed by atoms with E-state index >= 15 is 0 Å². The smallest absolute Gasteiger partial charge is 0.0732 e. The number of fused-ring (bicyclic) bond motifs is 5. The summed E-state index contributed by atoms with van der Waals surface area (Å²) in [5, 5.41) is 4.72. The van der Waals surface area contributed by atoms with Crippen LogP contribution in [0.4, 0.5) is 0 Å². The molecule has 2 heterocycles. The summed E-state index contributed by atoms with van der Waals surface area (Å²) in [6.45, 7) is 2.21. The molecule has 198 valence electrons. The number of aryl methyl sites for hydroxylation is 2. The van der Waals surface area contributed by atoms with Crippen molar-refractivity contribution < 1.29 is 0 Å². The van der Waals surface area contributed by atoms with Crippen LogP contribution in [-0.2, 0) is 12.8 Å². The van der Waals surface area contributed by atoms with E-state index in [1.807, 2.05) is 24.4 Å². The molecule has 5 aromatic rings. The second-order valence-corrected chi connectivity index (χ2v) is 10.3. The lowest BCUT2D eigenvalue weighted by Crippen LogP contribution is -2.08. The van der Waals surface area contributed by atoms with Gasteiger partial charge in [-0.25, -0.2) is 0 Å². The molecule has 0 spiro atoms. The molecule has 2 aliphatic rings.